The highest BCUT2D eigenvalue weighted by atomic mass is 32.1. The summed E-state index contributed by atoms with van der Waals surface area (Å²) in [7, 11) is 0. The van der Waals surface area contributed by atoms with Crippen LogP contribution in [0.5, 0.6) is 0 Å². The number of nitrogens with zero attached hydrogens (tertiary/aromatic N) is 1. The van der Waals surface area contributed by atoms with Crippen LogP contribution in [-0.2, 0) is 4.74 Å². The van der Waals surface area contributed by atoms with Gasteiger partial charge in [0.2, 0.25) is 0 Å². The number of nitrogens with two attached hydrogens (primary N) is 1. The predicted octanol–water partition coefficient (Wildman–Crippen LogP) is 1.38. The number of thiophene rings is 1. The summed E-state index contributed by atoms with van der Waals surface area (Å²) >= 11 is 1.07. The normalized spacial score (nSPS) is 9.23. The van der Waals surface area contributed by atoms with Gasteiger partial charge in [0.05, 0.1) is 12.2 Å². The average molecular weight is 196 g/mol. The summed E-state index contributed by atoms with van der Waals surface area (Å²) in [5, 5.41) is 8.92. The SMILES string of the molecule is CCOC(=O)c1cc(C#N)c(N)s1. The van der Waals surface area contributed by atoms with E-state index in [2.05, 4.69) is 0 Å². The number of carbonyl (C=O) groups is 1. The van der Waals surface area contributed by atoms with Gasteiger partial charge in [-0.05, 0) is 13.0 Å². The van der Waals surface area contributed by atoms with Gasteiger partial charge in [0, 0.05) is 0 Å². The molecule has 1 aromatic heterocycles. The van der Waals surface area contributed by atoms with Crippen molar-refractivity contribution < 1.29 is 9.53 Å². The van der Waals surface area contributed by atoms with Crippen molar-refractivity contribution in [3.63, 3.8) is 0 Å². The van der Waals surface area contributed by atoms with Crippen LogP contribution in [0.15, 0.2) is 6.07 Å². The number of anilines is 1. The molecular weight excluding hydrogens is 188 g/mol. The first-order chi connectivity index (χ1) is 6.19. The van der Waals surface area contributed by atoms with Gasteiger partial charge in [-0.1, -0.05) is 0 Å². The molecule has 0 aliphatic rings. The molecule has 0 amide bonds. The summed E-state index contributed by atoms with van der Waals surface area (Å²) in [5.41, 5.74) is 5.80. The van der Waals surface area contributed by atoms with Crippen LogP contribution >= 0.6 is 11.3 Å². The minimum Gasteiger partial charge on any atom is -0.462 e. The molecular formula is C8H8N2O2S. The zero-order valence-electron chi connectivity index (χ0n) is 7.03. The van der Waals surface area contributed by atoms with Crippen molar-refractivity contribution in [1.82, 2.24) is 0 Å². The van der Waals surface area contributed by atoms with E-state index in [1.54, 1.807) is 6.92 Å². The van der Waals surface area contributed by atoms with E-state index in [0.717, 1.165) is 11.3 Å². The molecule has 2 N–H and O–H groups in total. The smallest absolute Gasteiger partial charge is 0.348 e. The summed E-state index contributed by atoms with van der Waals surface area (Å²) in [6, 6.07) is 3.33. The van der Waals surface area contributed by atoms with Crippen molar-refractivity contribution in [3.05, 3.63) is 16.5 Å². The third-order valence-electron chi connectivity index (χ3n) is 1.36. The number of rotatable bonds is 2. The van der Waals surface area contributed by atoms with Gasteiger partial charge in [-0.25, -0.2) is 4.79 Å². The number of ether oxygens (including phenoxy) is 1. The quantitative estimate of drug-likeness (QED) is 0.725. The van der Waals surface area contributed by atoms with E-state index >= 15 is 0 Å². The van der Waals surface area contributed by atoms with Crippen LogP contribution in [0.1, 0.15) is 22.2 Å². The fourth-order valence-corrected chi connectivity index (χ4v) is 1.57. The Labute approximate surface area is 79.5 Å². The summed E-state index contributed by atoms with van der Waals surface area (Å²) in [4.78, 5) is 11.5. The second-order valence-electron chi connectivity index (χ2n) is 2.22. The number of hydrogen-bond acceptors (Lipinski definition) is 5. The Morgan fingerprint density at radius 1 is 1.85 bits per heavy atom. The van der Waals surface area contributed by atoms with E-state index in [1.807, 2.05) is 6.07 Å². The third kappa shape index (κ3) is 1.98. The lowest BCUT2D eigenvalue weighted by Gasteiger charge is -1.95. The minimum absolute atomic E-state index is 0.318. The highest BCUT2D eigenvalue weighted by Crippen LogP contribution is 2.24. The molecule has 0 spiro atoms. The van der Waals surface area contributed by atoms with Gasteiger partial charge in [0.1, 0.15) is 15.9 Å². The second-order valence-corrected chi connectivity index (χ2v) is 3.30. The van der Waals surface area contributed by atoms with E-state index < -0.39 is 5.97 Å². The number of esters is 1. The zero-order chi connectivity index (χ0) is 9.84. The van der Waals surface area contributed by atoms with Crippen molar-refractivity contribution in [2.75, 3.05) is 12.3 Å². The number of hydrogen-bond donors (Lipinski definition) is 1. The Morgan fingerprint density at radius 3 is 3.00 bits per heavy atom. The zero-order valence-corrected chi connectivity index (χ0v) is 7.85. The molecule has 0 fully saturated rings. The van der Waals surface area contributed by atoms with Crippen LogP contribution in [0.2, 0.25) is 0 Å². The van der Waals surface area contributed by atoms with Crippen LogP contribution in [-0.4, -0.2) is 12.6 Å². The number of carbonyl (C=O) groups excluding carboxylic acids is 1. The van der Waals surface area contributed by atoms with E-state index in [4.69, 9.17) is 15.7 Å². The summed E-state index contributed by atoms with van der Waals surface area (Å²) in [6.45, 7) is 2.04. The van der Waals surface area contributed by atoms with Crippen LogP contribution < -0.4 is 5.73 Å². The highest BCUT2D eigenvalue weighted by Gasteiger charge is 2.13. The molecule has 0 aromatic carbocycles. The molecule has 5 heteroatoms. The van der Waals surface area contributed by atoms with Crippen molar-refractivity contribution in [3.8, 4) is 6.07 Å². The first kappa shape index (κ1) is 9.55. The molecule has 1 aromatic rings. The highest BCUT2D eigenvalue weighted by molar-refractivity contribution is 7.18. The number of nitriles is 1. The topological polar surface area (TPSA) is 76.1 Å². The molecule has 0 saturated heterocycles. The van der Waals surface area contributed by atoms with Gasteiger partial charge >= 0.3 is 5.97 Å². The van der Waals surface area contributed by atoms with Crippen LogP contribution in [0.4, 0.5) is 5.00 Å². The van der Waals surface area contributed by atoms with E-state index in [0.29, 0.717) is 22.0 Å². The van der Waals surface area contributed by atoms with Crippen molar-refractivity contribution in [2.45, 2.75) is 6.92 Å². The van der Waals surface area contributed by atoms with Gasteiger partial charge in [0.25, 0.3) is 0 Å². The molecule has 0 aliphatic heterocycles. The van der Waals surface area contributed by atoms with E-state index in [9.17, 15) is 4.79 Å². The van der Waals surface area contributed by atoms with Crippen molar-refractivity contribution >= 4 is 22.3 Å². The van der Waals surface area contributed by atoms with Crippen molar-refractivity contribution in [2.24, 2.45) is 0 Å². The molecule has 4 nitrogen and oxygen atoms in total. The fraction of sp³-hybridized carbons (Fsp3) is 0.250. The summed E-state index contributed by atoms with van der Waals surface area (Å²) < 4.78 is 4.75. The van der Waals surface area contributed by atoms with Crippen molar-refractivity contribution in [1.29, 1.82) is 5.26 Å². The Hall–Kier alpha value is -1.54. The minimum atomic E-state index is -0.430. The Morgan fingerprint density at radius 2 is 2.54 bits per heavy atom. The lowest BCUT2D eigenvalue weighted by atomic mass is 10.3. The van der Waals surface area contributed by atoms with Gasteiger partial charge in [-0.2, -0.15) is 5.26 Å². The van der Waals surface area contributed by atoms with Crippen LogP contribution in [0.3, 0.4) is 0 Å². The third-order valence-corrected chi connectivity index (χ3v) is 2.30. The standard InChI is InChI=1S/C8H8N2O2S/c1-2-12-8(11)6-3-5(4-9)7(10)13-6/h3H,2,10H2,1H3. The molecule has 0 radical (unpaired) electrons. The maximum absolute atomic E-state index is 11.1. The number of nitrogen functional groups attached to an aromatic ring is 1. The molecule has 68 valence electrons. The fourth-order valence-electron chi connectivity index (χ4n) is 0.795. The van der Waals surface area contributed by atoms with Gasteiger partial charge in [-0.3, -0.25) is 0 Å². The van der Waals surface area contributed by atoms with Gasteiger partial charge in [0.15, 0.2) is 0 Å². The van der Waals surface area contributed by atoms with E-state index in [1.165, 1.54) is 6.07 Å². The maximum Gasteiger partial charge on any atom is 0.348 e. The lowest BCUT2D eigenvalue weighted by Crippen LogP contribution is -2.01. The van der Waals surface area contributed by atoms with Crippen LogP contribution in [0, 0.1) is 11.3 Å². The molecule has 0 saturated carbocycles. The maximum atomic E-state index is 11.1. The van der Waals surface area contributed by atoms with Gasteiger partial charge < -0.3 is 10.5 Å². The molecule has 0 aliphatic carbocycles. The predicted molar refractivity (Wildman–Crippen MR) is 49.4 cm³/mol. The molecule has 13 heavy (non-hydrogen) atoms. The monoisotopic (exact) mass is 196 g/mol. The van der Waals surface area contributed by atoms with Crippen LogP contribution in [0.25, 0.3) is 0 Å². The molecule has 1 heterocycles. The second kappa shape index (κ2) is 3.92. The summed E-state index contributed by atoms with van der Waals surface area (Å²) in [5.74, 6) is -0.430. The first-order valence-corrected chi connectivity index (χ1v) is 4.47. The largest absolute Gasteiger partial charge is 0.462 e. The lowest BCUT2D eigenvalue weighted by molar-refractivity contribution is 0.0532. The molecule has 0 unspecified atom stereocenters. The molecule has 0 atom stereocenters. The first-order valence-electron chi connectivity index (χ1n) is 3.65. The van der Waals surface area contributed by atoms with Gasteiger partial charge in [-0.15, -0.1) is 11.3 Å². The Kier molecular flexibility index (Phi) is 2.88. The summed E-state index contributed by atoms with van der Waals surface area (Å²) in [6.07, 6.45) is 0. The Balaban J connectivity index is 2.92. The molecule has 1 rings (SSSR count). The van der Waals surface area contributed by atoms with E-state index in [-0.39, 0.29) is 0 Å². The Bertz CT molecular complexity index is 365. The average Bonchev–Trinajstić information content (AvgIpc) is 2.47. The molecule has 0 bridgehead atoms.